The molecule has 70 heavy (non-hydrogen) atoms. The molecule has 0 saturated carbocycles. The molecule has 0 bridgehead atoms. The number of hydrogen-bond acceptors (Lipinski definition) is 10. The van der Waals surface area contributed by atoms with Gasteiger partial charge in [0.2, 0.25) is 0 Å². The van der Waals surface area contributed by atoms with Gasteiger partial charge in [-0.2, -0.15) is 0 Å². The monoisotopic (exact) mass is 1010 g/mol. The lowest BCUT2D eigenvalue weighted by Gasteiger charge is -2.21. The van der Waals surface area contributed by atoms with E-state index in [0.29, 0.717) is 19.3 Å². The minimum absolute atomic E-state index is 0.164. The number of ether oxygens (including phenoxy) is 3. The highest BCUT2D eigenvalue weighted by atomic mass is 31.2. The average Bonchev–Trinajstić information content (AvgIpc) is 3.35. The third-order valence-electron chi connectivity index (χ3n) is 12.9. The van der Waals surface area contributed by atoms with Gasteiger partial charge in [0.05, 0.1) is 19.8 Å². The van der Waals surface area contributed by atoms with Crippen LogP contribution in [0.15, 0.2) is 24.3 Å². The lowest BCUT2D eigenvalue weighted by molar-refractivity contribution is -0.161. The second-order valence-corrected chi connectivity index (χ2v) is 21.3. The van der Waals surface area contributed by atoms with E-state index in [0.717, 1.165) is 77.0 Å². The molecule has 11 nitrogen and oxygen atoms in total. The van der Waals surface area contributed by atoms with Crippen LogP contribution in [-0.2, 0) is 42.2 Å². The van der Waals surface area contributed by atoms with Crippen molar-refractivity contribution in [3.8, 4) is 0 Å². The highest BCUT2D eigenvalue weighted by molar-refractivity contribution is 7.47. The third kappa shape index (κ3) is 50.9. The highest BCUT2D eigenvalue weighted by Gasteiger charge is 2.28. The third-order valence-corrected chi connectivity index (χ3v) is 13.8. The fourth-order valence-corrected chi connectivity index (χ4v) is 9.17. The van der Waals surface area contributed by atoms with Crippen LogP contribution in [0.5, 0.6) is 0 Å². The standard InChI is InChI=1S/C58H109O11P/c1-4-7-10-13-16-19-22-25-26-27-28-31-34-37-40-43-46-49-58(62)69-55(51-65-56(60)47-44-41-38-35-32-29-23-20-17-14-11-8-5-2)53-67-70(63,64)66-52-54(50-59)68-57(61)48-45-42-39-36-33-30-24-21-18-15-12-9-6-3/h16,19,25-26,54-55,59H,4-15,17-18,20-24,27-53H2,1-3H3,(H,63,64)/b19-16-,26-25-. The van der Waals surface area contributed by atoms with Gasteiger partial charge in [-0.25, -0.2) is 4.57 Å². The van der Waals surface area contributed by atoms with Crippen molar-refractivity contribution in [2.75, 3.05) is 26.4 Å². The maximum atomic E-state index is 12.9. The first-order chi connectivity index (χ1) is 34.2. The Kier molecular flexibility index (Phi) is 51.7. The Morgan fingerprint density at radius 1 is 0.400 bits per heavy atom. The first-order valence-electron chi connectivity index (χ1n) is 29.2. The molecule has 3 atom stereocenters. The molecule has 0 rings (SSSR count). The van der Waals surface area contributed by atoms with E-state index in [1.54, 1.807) is 0 Å². The number of hydrogen-bond donors (Lipinski definition) is 2. The number of esters is 3. The Hall–Kier alpha value is -2.04. The van der Waals surface area contributed by atoms with Crippen molar-refractivity contribution in [3.63, 3.8) is 0 Å². The van der Waals surface area contributed by atoms with Crippen molar-refractivity contribution in [3.05, 3.63) is 24.3 Å². The van der Waals surface area contributed by atoms with Crippen LogP contribution >= 0.6 is 7.82 Å². The number of allylic oxidation sites excluding steroid dienone is 4. The van der Waals surface area contributed by atoms with Gasteiger partial charge in [-0.15, -0.1) is 0 Å². The predicted octanol–water partition coefficient (Wildman–Crippen LogP) is 17.0. The molecule has 0 heterocycles. The number of unbranched alkanes of at least 4 members (excludes halogenated alkanes) is 34. The summed E-state index contributed by atoms with van der Waals surface area (Å²) in [4.78, 5) is 48.5. The van der Waals surface area contributed by atoms with Gasteiger partial charge in [0.1, 0.15) is 12.7 Å². The van der Waals surface area contributed by atoms with Gasteiger partial charge in [0, 0.05) is 19.3 Å². The van der Waals surface area contributed by atoms with E-state index in [2.05, 4.69) is 45.1 Å². The molecule has 0 spiro atoms. The van der Waals surface area contributed by atoms with Crippen molar-refractivity contribution >= 4 is 25.7 Å². The molecule has 0 aromatic rings. The minimum atomic E-state index is -4.74. The van der Waals surface area contributed by atoms with E-state index in [1.165, 1.54) is 154 Å². The summed E-state index contributed by atoms with van der Waals surface area (Å²) in [6, 6.07) is 0. The molecule has 0 aliphatic carbocycles. The number of aliphatic hydroxyl groups excluding tert-OH is 1. The van der Waals surface area contributed by atoms with Crippen molar-refractivity contribution in [1.82, 2.24) is 0 Å². The number of rotatable bonds is 55. The van der Waals surface area contributed by atoms with Gasteiger partial charge < -0.3 is 24.2 Å². The predicted molar refractivity (Wildman–Crippen MR) is 289 cm³/mol. The number of carbonyl (C=O) groups is 3. The SMILES string of the molecule is CCCCC/C=C\C/C=C\CCCCCCCCCC(=O)OC(COC(=O)CCCCCCCCCCCCCCC)COP(=O)(O)OCC(CO)OC(=O)CCCCCCCCCCCCCCC. The summed E-state index contributed by atoms with van der Waals surface area (Å²) >= 11 is 0. The van der Waals surface area contributed by atoms with Gasteiger partial charge >= 0.3 is 25.7 Å². The minimum Gasteiger partial charge on any atom is -0.462 e. The zero-order valence-corrected chi connectivity index (χ0v) is 46.4. The quantitative estimate of drug-likeness (QED) is 0.0197. The van der Waals surface area contributed by atoms with Gasteiger partial charge in [0.25, 0.3) is 0 Å². The summed E-state index contributed by atoms with van der Waals surface area (Å²) in [6.45, 7) is 4.66. The molecular formula is C58H109O11P. The van der Waals surface area contributed by atoms with Gasteiger partial charge in [0.15, 0.2) is 6.10 Å². The van der Waals surface area contributed by atoms with Crippen LogP contribution < -0.4 is 0 Å². The maximum Gasteiger partial charge on any atom is 0.472 e. The Morgan fingerprint density at radius 2 is 0.700 bits per heavy atom. The van der Waals surface area contributed by atoms with Crippen molar-refractivity contribution in [1.29, 1.82) is 0 Å². The molecule has 412 valence electrons. The van der Waals surface area contributed by atoms with Crippen molar-refractivity contribution in [2.24, 2.45) is 0 Å². The molecule has 0 saturated heterocycles. The Balaban J connectivity index is 4.69. The number of phosphoric ester groups is 1. The first-order valence-corrected chi connectivity index (χ1v) is 30.7. The maximum absolute atomic E-state index is 12.9. The molecule has 3 unspecified atom stereocenters. The second kappa shape index (κ2) is 53.3. The zero-order valence-electron chi connectivity index (χ0n) is 45.5. The summed E-state index contributed by atoms with van der Waals surface area (Å²) in [5, 5.41) is 9.80. The van der Waals surface area contributed by atoms with Crippen LogP contribution in [0.2, 0.25) is 0 Å². The molecule has 0 fully saturated rings. The lowest BCUT2D eigenvalue weighted by atomic mass is 10.0. The molecule has 0 amide bonds. The topological polar surface area (TPSA) is 155 Å². The molecule has 0 aliphatic heterocycles. The smallest absolute Gasteiger partial charge is 0.462 e. The number of phosphoric acid groups is 1. The molecule has 12 heteroatoms. The van der Waals surface area contributed by atoms with Crippen LogP contribution in [0.3, 0.4) is 0 Å². The van der Waals surface area contributed by atoms with Crippen molar-refractivity contribution in [2.45, 2.75) is 303 Å². The average molecular weight is 1010 g/mol. The summed E-state index contributed by atoms with van der Waals surface area (Å²) in [5.74, 6) is -1.45. The Morgan fingerprint density at radius 3 is 1.09 bits per heavy atom. The molecule has 0 aromatic heterocycles. The fourth-order valence-electron chi connectivity index (χ4n) is 8.39. The molecule has 0 aromatic carbocycles. The van der Waals surface area contributed by atoms with Gasteiger partial charge in [-0.05, 0) is 51.4 Å². The van der Waals surface area contributed by atoms with Crippen molar-refractivity contribution < 1.29 is 52.2 Å². The number of carbonyl (C=O) groups excluding carboxylic acids is 3. The van der Waals surface area contributed by atoms with Gasteiger partial charge in [-0.1, -0.05) is 244 Å². The zero-order chi connectivity index (χ0) is 51.3. The molecule has 0 aliphatic rings. The van der Waals surface area contributed by atoms with E-state index in [9.17, 15) is 28.9 Å². The van der Waals surface area contributed by atoms with E-state index in [-0.39, 0.29) is 25.9 Å². The molecule has 2 N–H and O–H groups in total. The van der Waals surface area contributed by atoms with E-state index >= 15 is 0 Å². The second-order valence-electron chi connectivity index (χ2n) is 19.8. The lowest BCUT2D eigenvalue weighted by Crippen LogP contribution is -2.30. The largest absolute Gasteiger partial charge is 0.472 e. The summed E-state index contributed by atoms with van der Waals surface area (Å²) in [5.41, 5.74) is 0. The fraction of sp³-hybridized carbons (Fsp3) is 0.879. The van der Waals surface area contributed by atoms with Crippen LogP contribution in [0.1, 0.15) is 290 Å². The molecule has 0 radical (unpaired) electrons. The van der Waals surface area contributed by atoms with Crippen LogP contribution in [0.25, 0.3) is 0 Å². The summed E-state index contributed by atoms with van der Waals surface area (Å²) in [7, 11) is -4.74. The van der Waals surface area contributed by atoms with E-state index < -0.39 is 57.8 Å². The van der Waals surface area contributed by atoms with Crippen LogP contribution in [0.4, 0.5) is 0 Å². The van der Waals surface area contributed by atoms with Crippen LogP contribution in [0, 0.1) is 0 Å². The first kappa shape index (κ1) is 68.0. The van der Waals surface area contributed by atoms with E-state index in [4.69, 9.17) is 23.3 Å². The highest BCUT2D eigenvalue weighted by Crippen LogP contribution is 2.43. The van der Waals surface area contributed by atoms with E-state index in [1.807, 2.05) is 0 Å². The summed E-state index contributed by atoms with van der Waals surface area (Å²) < 4.78 is 39.5. The van der Waals surface area contributed by atoms with Crippen LogP contribution in [-0.4, -0.2) is 66.5 Å². The Bertz CT molecular complexity index is 1270. The number of aliphatic hydroxyl groups is 1. The Labute approximate surface area is 429 Å². The normalized spacial score (nSPS) is 13.5. The summed E-state index contributed by atoms with van der Waals surface area (Å²) in [6.07, 6.45) is 52.7. The van der Waals surface area contributed by atoms with Gasteiger partial charge in [-0.3, -0.25) is 23.4 Å². The molecular weight excluding hydrogens is 904 g/mol.